The predicted molar refractivity (Wildman–Crippen MR) is 67.2 cm³/mol. The molecule has 1 unspecified atom stereocenters. The normalized spacial score (nSPS) is 21.1. The van der Waals surface area contributed by atoms with Crippen LogP contribution in [-0.2, 0) is 4.79 Å². The van der Waals surface area contributed by atoms with E-state index in [9.17, 15) is 4.79 Å². The van der Waals surface area contributed by atoms with Gasteiger partial charge in [0, 0.05) is 25.6 Å². The fourth-order valence-electron chi connectivity index (χ4n) is 2.27. The predicted octanol–water partition coefficient (Wildman–Crippen LogP) is 2.30. The molecule has 1 saturated heterocycles. The number of nitrogens with zero attached hydrogens (tertiary/aromatic N) is 1. The summed E-state index contributed by atoms with van der Waals surface area (Å²) in [4.78, 5) is 13.8. The standard InChI is InChI=1S/C13H26N2O/c1-2-3-4-5-6-9-13(16)15-10-7-8-12(14)11-15/h12H,2-11,14H2,1H3. The first-order valence-electron chi connectivity index (χ1n) is 6.77. The molecule has 1 aliphatic heterocycles. The Balaban J connectivity index is 2.09. The molecule has 0 aliphatic carbocycles. The SMILES string of the molecule is CCCCCCCC(=O)N1CCCC(N)C1. The van der Waals surface area contributed by atoms with Crippen LogP contribution in [0.5, 0.6) is 0 Å². The Morgan fingerprint density at radius 1 is 1.31 bits per heavy atom. The molecule has 0 aromatic rings. The Bertz CT molecular complexity index is 206. The average Bonchev–Trinajstić information content (AvgIpc) is 2.28. The highest BCUT2D eigenvalue weighted by molar-refractivity contribution is 5.76. The first kappa shape index (κ1) is 13.5. The van der Waals surface area contributed by atoms with E-state index in [0.717, 1.165) is 38.8 Å². The smallest absolute Gasteiger partial charge is 0.222 e. The molecule has 16 heavy (non-hydrogen) atoms. The molecular weight excluding hydrogens is 200 g/mol. The van der Waals surface area contributed by atoms with Crippen molar-refractivity contribution in [2.24, 2.45) is 5.73 Å². The summed E-state index contributed by atoms with van der Waals surface area (Å²) in [5, 5.41) is 0. The minimum atomic E-state index is 0.206. The summed E-state index contributed by atoms with van der Waals surface area (Å²) in [7, 11) is 0. The topological polar surface area (TPSA) is 46.3 Å². The first-order valence-corrected chi connectivity index (χ1v) is 6.77. The van der Waals surface area contributed by atoms with Crippen LogP contribution < -0.4 is 5.73 Å². The molecule has 94 valence electrons. The first-order chi connectivity index (χ1) is 7.74. The van der Waals surface area contributed by atoms with E-state index in [1.54, 1.807) is 0 Å². The molecule has 1 amide bonds. The number of amides is 1. The van der Waals surface area contributed by atoms with Crippen LogP contribution in [0, 0.1) is 0 Å². The number of carbonyl (C=O) groups is 1. The lowest BCUT2D eigenvalue weighted by atomic mass is 10.1. The molecule has 0 bridgehead atoms. The summed E-state index contributed by atoms with van der Waals surface area (Å²) >= 11 is 0. The summed E-state index contributed by atoms with van der Waals surface area (Å²) in [6, 6.07) is 0.206. The molecule has 1 rings (SSSR count). The molecule has 3 nitrogen and oxygen atoms in total. The van der Waals surface area contributed by atoms with Crippen molar-refractivity contribution in [3.05, 3.63) is 0 Å². The lowest BCUT2D eigenvalue weighted by Crippen LogP contribution is -2.45. The van der Waals surface area contributed by atoms with Crippen molar-refractivity contribution in [3.63, 3.8) is 0 Å². The fraction of sp³-hybridized carbons (Fsp3) is 0.923. The molecule has 0 spiro atoms. The molecule has 1 fully saturated rings. The molecule has 1 heterocycles. The number of likely N-dealkylation sites (tertiary alicyclic amines) is 1. The van der Waals surface area contributed by atoms with Crippen LogP contribution in [0.3, 0.4) is 0 Å². The van der Waals surface area contributed by atoms with Gasteiger partial charge in [0.2, 0.25) is 5.91 Å². The third-order valence-electron chi connectivity index (χ3n) is 3.30. The lowest BCUT2D eigenvalue weighted by Gasteiger charge is -2.30. The second kappa shape index (κ2) is 7.66. The molecule has 0 aromatic heterocycles. The van der Waals surface area contributed by atoms with Crippen molar-refractivity contribution < 1.29 is 4.79 Å². The van der Waals surface area contributed by atoms with Gasteiger partial charge < -0.3 is 10.6 Å². The van der Waals surface area contributed by atoms with E-state index >= 15 is 0 Å². The number of hydrogen-bond acceptors (Lipinski definition) is 2. The zero-order valence-electron chi connectivity index (χ0n) is 10.6. The molecule has 1 aliphatic rings. The van der Waals surface area contributed by atoms with Crippen molar-refractivity contribution in [3.8, 4) is 0 Å². The van der Waals surface area contributed by atoms with Gasteiger partial charge in [-0.05, 0) is 19.3 Å². The van der Waals surface area contributed by atoms with Crippen molar-refractivity contribution in [1.29, 1.82) is 0 Å². The maximum atomic E-state index is 11.8. The number of rotatable bonds is 6. The number of hydrogen-bond donors (Lipinski definition) is 1. The van der Waals surface area contributed by atoms with Gasteiger partial charge in [-0.25, -0.2) is 0 Å². The van der Waals surface area contributed by atoms with E-state index in [2.05, 4.69) is 6.92 Å². The molecule has 0 aromatic carbocycles. The van der Waals surface area contributed by atoms with Crippen LogP contribution in [0.2, 0.25) is 0 Å². The van der Waals surface area contributed by atoms with E-state index in [-0.39, 0.29) is 6.04 Å². The van der Waals surface area contributed by atoms with Crippen LogP contribution in [-0.4, -0.2) is 29.9 Å². The van der Waals surface area contributed by atoms with Crippen molar-refractivity contribution in [1.82, 2.24) is 4.90 Å². The van der Waals surface area contributed by atoms with Crippen molar-refractivity contribution in [2.45, 2.75) is 64.3 Å². The van der Waals surface area contributed by atoms with E-state index in [0.29, 0.717) is 5.91 Å². The van der Waals surface area contributed by atoms with E-state index in [4.69, 9.17) is 5.73 Å². The Hall–Kier alpha value is -0.570. The largest absolute Gasteiger partial charge is 0.341 e. The third-order valence-corrected chi connectivity index (χ3v) is 3.30. The van der Waals surface area contributed by atoms with Gasteiger partial charge in [0.05, 0.1) is 0 Å². The summed E-state index contributed by atoms with van der Waals surface area (Å²) in [5.41, 5.74) is 5.86. The summed E-state index contributed by atoms with van der Waals surface area (Å²) in [6.45, 7) is 3.90. The van der Waals surface area contributed by atoms with Gasteiger partial charge in [0.1, 0.15) is 0 Å². The number of unbranched alkanes of at least 4 members (excludes halogenated alkanes) is 4. The van der Waals surface area contributed by atoms with Gasteiger partial charge in [0.25, 0.3) is 0 Å². The van der Waals surface area contributed by atoms with Crippen LogP contribution in [0.1, 0.15) is 58.3 Å². The quantitative estimate of drug-likeness (QED) is 0.706. The van der Waals surface area contributed by atoms with Crippen LogP contribution in [0.15, 0.2) is 0 Å². The molecular formula is C13H26N2O. The lowest BCUT2D eigenvalue weighted by molar-refractivity contribution is -0.132. The molecule has 3 heteroatoms. The van der Waals surface area contributed by atoms with Crippen LogP contribution in [0.25, 0.3) is 0 Å². The van der Waals surface area contributed by atoms with Gasteiger partial charge in [-0.1, -0.05) is 32.6 Å². The summed E-state index contributed by atoms with van der Waals surface area (Å²) in [5.74, 6) is 0.312. The number of carbonyl (C=O) groups excluding carboxylic acids is 1. The van der Waals surface area contributed by atoms with Gasteiger partial charge in [0.15, 0.2) is 0 Å². The molecule has 0 radical (unpaired) electrons. The average molecular weight is 226 g/mol. The van der Waals surface area contributed by atoms with Crippen LogP contribution >= 0.6 is 0 Å². The Kier molecular flexibility index (Phi) is 6.46. The van der Waals surface area contributed by atoms with Gasteiger partial charge in [-0.15, -0.1) is 0 Å². The monoisotopic (exact) mass is 226 g/mol. The van der Waals surface area contributed by atoms with Gasteiger partial charge in [-0.2, -0.15) is 0 Å². The Morgan fingerprint density at radius 2 is 2.06 bits per heavy atom. The van der Waals surface area contributed by atoms with E-state index < -0.39 is 0 Å². The summed E-state index contributed by atoms with van der Waals surface area (Å²) in [6.07, 6.45) is 8.92. The molecule has 2 N–H and O–H groups in total. The second-order valence-corrected chi connectivity index (χ2v) is 4.91. The second-order valence-electron chi connectivity index (χ2n) is 4.91. The maximum Gasteiger partial charge on any atom is 0.222 e. The molecule has 0 saturated carbocycles. The number of nitrogens with two attached hydrogens (primary N) is 1. The fourth-order valence-corrected chi connectivity index (χ4v) is 2.27. The maximum absolute atomic E-state index is 11.8. The van der Waals surface area contributed by atoms with Crippen molar-refractivity contribution in [2.75, 3.05) is 13.1 Å². The zero-order valence-corrected chi connectivity index (χ0v) is 10.6. The highest BCUT2D eigenvalue weighted by atomic mass is 16.2. The van der Waals surface area contributed by atoms with E-state index in [1.165, 1.54) is 25.7 Å². The van der Waals surface area contributed by atoms with E-state index in [1.807, 2.05) is 4.90 Å². The Labute approximate surface area is 99.4 Å². The summed E-state index contributed by atoms with van der Waals surface area (Å²) < 4.78 is 0. The minimum Gasteiger partial charge on any atom is -0.341 e. The van der Waals surface area contributed by atoms with Gasteiger partial charge >= 0.3 is 0 Å². The van der Waals surface area contributed by atoms with Gasteiger partial charge in [-0.3, -0.25) is 4.79 Å². The molecule has 1 atom stereocenters. The third kappa shape index (κ3) is 4.97. The number of piperidine rings is 1. The Morgan fingerprint density at radius 3 is 2.75 bits per heavy atom. The highest BCUT2D eigenvalue weighted by Crippen LogP contribution is 2.12. The highest BCUT2D eigenvalue weighted by Gasteiger charge is 2.20. The minimum absolute atomic E-state index is 0.206. The zero-order chi connectivity index (χ0) is 11.8. The van der Waals surface area contributed by atoms with Crippen molar-refractivity contribution >= 4 is 5.91 Å². The van der Waals surface area contributed by atoms with Crippen LogP contribution in [0.4, 0.5) is 0 Å².